The SMILES string of the molecule is C=CC(=O)N[C@@H]1CCCN(c2ccc3ncnc(Nc4cc(C)c(Oc5ccc6c(c5)nnn6C)cc4OC(F)F)c3n2)C1. The Morgan fingerprint density at radius 1 is 1.14 bits per heavy atom. The van der Waals surface area contributed by atoms with Crippen molar-refractivity contribution < 1.29 is 23.0 Å². The molecule has 1 amide bonds. The number of nitrogens with one attached hydrogen (secondary N) is 2. The minimum absolute atomic E-state index is 0.0448. The van der Waals surface area contributed by atoms with Crippen molar-refractivity contribution in [3.8, 4) is 17.2 Å². The average molecular weight is 602 g/mol. The minimum atomic E-state index is -3.08. The predicted molar refractivity (Wildman–Crippen MR) is 161 cm³/mol. The molecule has 0 radical (unpaired) electrons. The van der Waals surface area contributed by atoms with Crippen molar-refractivity contribution in [1.29, 1.82) is 0 Å². The smallest absolute Gasteiger partial charge is 0.387 e. The maximum Gasteiger partial charge on any atom is 0.387 e. The average Bonchev–Trinajstić information content (AvgIpc) is 3.38. The van der Waals surface area contributed by atoms with E-state index in [1.54, 1.807) is 36.9 Å². The van der Waals surface area contributed by atoms with E-state index in [1.165, 1.54) is 18.5 Å². The Morgan fingerprint density at radius 2 is 2.00 bits per heavy atom. The molecule has 1 saturated heterocycles. The lowest BCUT2D eigenvalue weighted by Gasteiger charge is -2.33. The summed E-state index contributed by atoms with van der Waals surface area (Å²) in [6.07, 6.45) is 4.34. The lowest BCUT2D eigenvalue weighted by Crippen LogP contribution is -2.47. The lowest BCUT2D eigenvalue weighted by atomic mass is 10.1. The second-order valence-electron chi connectivity index (χ2n) is 10.3. The molecule has 6 rings (SSSR count). The molecule has 226 valence electrons. The van der Waals surface area contributed by atoms with Crippen LogP contribution in [0.2, 0.25) is 0 Å². The number of benzene rings is 2. The van der Waals surface area contributed by atoms with E-state index in [1.807, 2.05) is 18.2 Å². The van der Waals surface area contributed by atoms with Gasteiger partial charge in [0.1, 0.15) is 34.7 Å². The first-order valence-corrected chi connectivity index (χ1v) is 13.9. The third-order valence-electron chi connectivity index (χ3n) is 7.30. The van der Waals surface area contributed by atoms with E-state index in [2.05, 4.69) is 42.4 Å². The number of anilines is 3. The fraction of sp³-hybridized carbons (Fsp3) is 0.267. The highest BCUT2D eigenvalue weighted by Gasteiger charge is 2.23. The molecule has 1 atom stereocenters. The number of rotatable bonds is 9. The number of aromatic nitrogens is 6. The highest BCUT2D eigenvalue weighted by molar-refractivity contribution is 5.89. The molecule has 1 fully saturated rings. The topological polar surface area (TPSA) is 132 Å². The van der Waals surface area contributed by atoms with E-state index < -0.39 is 6.61 Å². The van der Waals surface area contributed by atoms with Crippen LogP contribution in [0.5, 0.6) is 17.2 Å². The first kappa shape index (κ1) is 28.7. The maximum absolute atomic E-state index is 13.5. The molecule has 2 N–H and O–H groups in total. The van der Waals surface area contributed by atoms with Gasteiger partial charge in [-0.25, -0.2) is 19.6 Å². The monoisotopic (exact) mass is 601 g/mol. The number of amides is 1. The summed E-state index contributed by atoms with van der Waals surface area (Å²) >= 11 is 0. The number of fused-ring (bicyclic) bond motifs is 2. The number of aryl methyl sites for hydroxylation is 2. The Bertz CT molecular complexity index is 1860. The summed E-state index contributed by atoms with van der Waals surface area (Å²) in [6, 6.07) is 12.0. The summed E-state index contributed by atoms with van der Waals surface area (Å²) in [5.74, 6) is 1.42. The van der Waals surface area contributed by atoms with E-state index in [0.717, 1.165) is 24.9 Å². The zero-order valence-corrected chi connectivity index (χ0v) is 24.0. The molecule has 0 spiro atoms. The van der Waals surface area contributed by atoms with E-state index in [-0.39, 0.29) is 23.4 Å². The molecule has 14 heteroatoms. The second kappa shape index (κ2) is 12.1. The van der Waals surface area contributed by atoms with Gasteiger partial charge in [-0.2, -0.15) is 8.78 Å². The summed E-state index contributed by atoms with van der Waals surface area (Å²) in [5.41, 5.74) is 3.36. The highest BCUT2D eigenvalue weighted by Crippen LogP contribution is 2.38. The van der Waals surface area contributed by atoms with Gasteiger partial charge >= 0.3 is 6.61 Å². The Balaban J connectivity index is 1.30. The number of halogens is 2. The summed E-state index contributed by atoms with van der Waals surface area (Å²) in [4.78, 5) is 27.4. The van der Waals surface area contributed by atoms with E-state index >= 15 is 0 Å². The maximum atomic E-state index is 13.5. The molecule has 0 unspecified atom stereocenters. The van der Waals surface area contributed by atoms with E-state index in [4.69, 9.17) is 14.5 Å². The minimum Gasteiger partial charge on any atom is -0.457 e. The molecule has 3 aromatic heterocycles. The third-order valence-corrected chi connectivity index (χ3v) is 7.30. The van der Waals surface area contributed by atoms with Crippen molar-refractivity contribution in [1.82, 2.24) is 35.3 Å². The molecule has 2 aromatic carbocycles. The van der Waals surface area contributed by atoms with Crippen LogP contribution in [0.25, 0.3) is 22.1 Å². The largest absolute Gasteiger partial charge is 0.457 e. The van der Waals surface area contributed by atoms with Gasteiger partial charge in [-0.15, -0.1) is 5.10 Å². The molecular weight excluding hydrogens is 572 g/mol. The van der Waals surface area contributed by atoms with Gasteiger partial charge in [-0.3, -0.25) is 4.79 Å². The van der Waals surface area contributed by atoms with Crippen LogP contribution >= 0.6 is 0 Å². The van der Waals surface area contributed by atoms with E-state index in [0.29, 0.717) is 51.8 Å². The number of nitrogens with zero attached hydrogens (tertiary/aromatic N) is 7. The number of pyridine rings is 1. The van der Waals surface area contributed by atoms with Gasteiger partial charge in [0.2, 0.25) is 5.91 Å². The van der Waals surface area contributed by atoms with Crippen molar-refractivity contribution in [3.05, 3.63) is 67.0 Å². The fourth-order valence-electron chi connectivity index (χ4n) is 5.17. The van der Waals surface area contributed by atoms with Crippen molar-refractivity contribution >= 4 is 45.3 Å². The van der Waals surface area contributed by atoms with Gasteiger partial charge in [-0.1, -0.05) is 11.8 Å². The van der Waals surface area contributed by atoms with Gasteiger partial charge in [0.25, 0.3) is 0 Å². The second-order valence-corrected chi connectivity index (χ2v) is 10.3. The van der Waals surface area contributed by atoms with Crippen LogP contribution < -0.4 is 25.0 Å². The van der Waals surface area contributed by atoms with Crippen LogP contribution in [0.1, 0.15) is 18.4 Å². The van der Waals surface area contributed by atoms with Gasteiger partial charge in [0.15, 0.2) is 11.6 Å². The molecule has 0 bridgehead atoms. The van der Waals surface area contributed by atoms with Crippen LogP contribution in [-0.2, 0) is 11.8 Å². The van der Waals surface area contributed by atoms with Gasteiger partial charge < -0.3 is 25.0 Å². The number of hydrogen-bond donors (Lipinski definition) is 2. The van der Waals surface area contributed by atoms with E-state index in [9.17, 15) is 13.6 Å². The van der Waals surface area contributed by atoms with Gasteiger partial charge in [-0.05, 0) is 61.7 Å². The molecular formula is C30H29F2N9O3. The Hall–Kier alpha value is -5.40. The number of carbonyl (C=O) groups is 1. The van der Waals surface area contributed by atoms with Crippen LogP contribution in [0.3, 0.4) is 0 Å². The third kappa shape index (κ3) is 6.04. The number of piperidine rings is 1. The standard InChI is InChI=1S/C30H29F2N9O3/c1-4-27(42)35-18-6-5-11-41(15-18)26-10-8-20-28(37-26)29(34-16-33-20)36-22-12-17(2)24(14-25(22)44-30(31)32)43-19-7-9-23-21(13-19)38-39-40(23)3/h4,7-10,12-14,16,18,30H,1,5-6,11,15H2,2-3H3,(H,35,42)(H,33,34,36)/t18-/m1/s1. The van der Waals surface area contributed by atoms with Crippen LogP contribution in [0.15, 0.2) is 61.4 Å². The summed E-state index contributed by atoms with van der Waals surface area (Å²) in [7, 11) is 1.78. The van der Waals surface area contributed by atoms with Crippen LogP contribution in [0, 0.1) is 6.92 Å². The molecule has 1 aliphatic heterocycles. The number of hydrogen-bond acceptors (Lipinski definition) is 10. The normalized spacial score (nSPS) is 15.0. The van der Waals surface area contributed by atoms with Crippen LogP contribution in [0.4, 0.5) is 26.1 Å². The van der Waals surface area contributed by atoms with Crippen molar-refractivity contribution in [2.24, 2.45) is 7.05 Å². The summed E-state index contributed by atoms with van der Waals surface area (Å²) in [5, 5.41) is 14.2. The fourth-order valence-corrected chi connectivity index (χ4v) is 5.17. The van der Waals surface area contributed by atoms with Crippen LogP contribution in [-0.4, -0.2) is 61.6 Å². The predicted octanol–water partition coefficient (Wildman–Crippen LogP) is 5.02. The number of carbonyl (C=O) groups excluding carboxylic acids is 1. The molecule has 0 saturated carbocycles. The molecule has 5 aromatic rings. The molecule has 12 nitrogen and oxygen atoms in total. The highest BCUT2D eigenvalue weighted by atomic mass is 19.3. The molecule has 0 aliphatic carbocycles. The quantitative estimate of drug-likeness (QED) is 0.222. The lowest BCUT2D eigenvalue weighted by molar-refractivity contribution is -0.117. The Morgan fingerprint density at radius 3 is 2.82 bits per heavy atom. The Kier molecular flexibility index (Phi) is 7.87. The number of ether oxygens (including phenoxy) is 2. The number of alkyl halides is 2. The summed E-state index contributed by atoms with van der Waals surface area (Å²) < 4.78 is 39.6. The van der Waals surface area contributed by atoms with Crippen molar-refractivity contribution in [3.63, 3.8) is 0 Å². The van der Waals surface area contributed by atoms with Crippen molar-refractivity contribution in [2.45, 2.75) is 32.4 Å². The molecule has 44 heavy (non-hydrogen) atoms. The summed E-state index contributed by atoms with van der Waals surface area (Å²) in [6.45, 7) is 3.56. The first-order chi connectivity index (χ1) is 21.3. The molecule has 1 aliphatic rings. The van der Waals surface area contributed by atoms with Crippen molar-refractivity contribution in [2.75, 3.05) is 23.3 Å². The Labute approximate surface area is 250 Å². The van der Waals surface area contributed by atoms with Gasteiger partial charge in [0, 0.05) is 38.3 Å². The molecule has 4 heterocycles. The zero-order valence-electron chi connectivity index (χ0n) is 24.0. The van der Waals surface area contributed by atoms with Gasteiger partial charge in [0.05, 0.1) is 16.7 Å². The zero-order chi connectivity index (χ0) is 30.8. The first-order valence-electron chi connectivity index (χ1n) is 13.9.